The van der Waals surface area contributed by atoms with E-state index < -0.39 is 10.0 Å². The molecule has 30 heavy (non-hydrogen) atoms. The van der Waals surface area contributed by atoms with Crippen molar-refractivity contribution in [2.24, 2.45) is 0 Å². The zero-order chi connectivity index (χ0) is 21.1. The average molecular weight is 416 g/mol. The first-order valence-electron chi connectivity index (χ1n) is 8.98. The van der Waals surface area contributed by atoms with Gasteiger partial charge in [0.05, 0.1) is 28.4 Å². The number of nitrogens with zero attached hydrogens (tertiary/aromatic N) is 4. The smallest absolute Gasteiger partial charge is 0.283 e. The molecule has 0 atom stereocenters. The van der Waals surface area contributed by atoms with E-state index in [2.05, 4.69) is 10.1 Å². The Morgan fingerprint density at radius 2 is 1.70 bits per heavy atom. The van der Waals surface area contributed by atoms with Crippen molar-refractivity contribution in [1.29, 1.82) is 5.26 Å². The van der Waals surface area contributed by atoms with Crippen LogP contribution in [0.1, 0.15) is 11.1 Å². The third-order valence-corrected chi connectivity index (χ3v) is 6.01. The normalized spacial score (nSPS) is 11.1. The Morgan fingerprint density at radius 1 is 0.967 bits per heavy atom. The van der Waals surface area contributed by atoms with Gasteiger partial charge in [-0.25, -0.2) is 4.98 Å². The van der Waals surface area contributed by atoms with Crippen molar-refractivity contribution in [1.82, 2.24) is 14.2 Å². The number of pyridine rings is 1. The molecule has 0 spiro atoms. The van der Waals surface area contributed by atoms with Gasteiger partial charge in [0.2, 0.25) is 5.88 Å². The van der Waals surface area contributed by atoms with E-state index >= 15 is 0 Å². The lowest BCUT2D eigenvalue weighted by Crippen LogP contribution is -2.15. The lowest BCUT2D eigenvalue weighted by atomic mass is 10.2. The molecule has 0 aliphatic carbocycles. The molecule has 4 aromatic rings. The molecule has 0 fully saturated rings. The quantitative estimate of drug-likeness (QED) is 0.485. The van der Waals surface area contributed by atoms with Crippen molar-refractivity contribution < 1.29 is 13.2 Å². The molecular formula is C22H16N4O3S. The molecule has 2 aromatic carbocycles. The standard InChI is InChI=1S/C22H16N4O3S/c1-16-2-9-20(10-3-16)30(27,28)26-21(12-13-25-26)18-6-11-22(24-15-18)29-19-7-4-17(14-23)5-8-19/h2-13,15H,1H3. The SMILES string of the molecule is Cc1ccc(S(=O)(=O)n2nccc2-c2ccc(Oc3ccc(C#N)cc3)nc2)cc1. The number of hydrogen-bond acceptors (Lipinski definition) is 6. The minimum absolute atomic E-state index is 0.159. The Bertz CT molecular complexity index is 1320. The fraction of sp³-hybridized carbons (Fsp3) is 0.0455. The molecule has 0 unspecified atom stereocenters. The zero-order valence-corrected chi connectivity index (χ0v) is 16.7. The Hall–Kier alpha value is -3.96. The highest BCUT2D eigenvalue weighted by molar-refractivity contribution is 7.90. The highest BCUT2D eigenvalue weighted by Crippen LogP contribution is 2.26. The first-order chi connectivity index (χ1) is 14.5. The first-order valence-corrected chi connectivity index (χ1v) is 10.4. The predicted octanol–water partition coefficient (Wildman–Crippen LogP) is 4.15. The number of aryl methyl sites for hydroxylation is 1. The van der Waals surface area contributed by atoms with Gasteiger partial charge in [-0.2, -0.15) is 22.9 Å². The van der Waals surface area contributed by atoms with E-state index in [0.717, 1.165) is 9.65 Å². The Morgan fingerprint density at radius 3 is 2.33 bits per heavy atom. The van der Waals surface area contributed by atoms with Crippen LogP contribution < -0.4 is 4.74 Å². The van der Waals surface area contributed by atoms with Crippen LogP contribution in [0.5, 0.6) is 11.6 Å². The maximum atomic E-state index is 13.0. The number of benzene rings is 2. The van der Waals surface area contributed by atoms with Gasteiger partial charge in [0, 0.05) is 17.8 Å². The molecule has 8 heteroatoms. The summed E-state index contributed by atoms with van der Waals surface area (Å²) in [6, 6.07) is 20.3. The van der Waals surface area contributed by atoms with Gasteiger partial charge in [0.1, 0.15) is 5.75 Å². The van der Waals surface area contributed by atoms with Gasteiger partial charge in [-0.15, -0.1) is 0 Å². The van der Waals surface area contributed by atoms with Crippen LogP contribution in [0, 0.1) is 18.3 Å². The second-order valence-corrected chi connectivity index (χ2v) is 8.27. The molecule has 0 radical (unpaired) electrons. The van der Waals surface area contributed by atoms with Gasteiger partial charge in [-0.1, -0.05) is 17.7 Å². The van der Waals surface area contributed by atoms with Crippen LogP contribution in [0.25, 0.3) is 11.3 Å². The van der Waals surface area contributed by atoms with Crippen LogP contribution in [0.3, 0.4) is 0 Å². The summed E-state index contributed by atoms with van der Waals surface area (Å²) >= 11 is 0. The number of rotatable bonds is 5. The third kappa shape index (κ3) is 3.79. The van der Waals surface area contributed by atoms with E-state index in [9.17, 15) is 8.42 Å². The summed E-state index contributed by atoms with van der Waals surface area (Å²) in [4.78, 5) is 4.42. The second kappa shape index (κ2) is 7.81. The largest absolute Gasteiger partial charge is 0.439 e. The van der Waals surface area contributed by atoms with Crippen molar-refractivity contribution in [2.75, 3.05) is 0 Å². The first kappa shape index (κ1) is 19.4. The van der Waals surface area contributed by atoms with Gasteiger partial charge in [-0.05, 0) is 55.5 Å². The van der Waals surface area contributed by atoms with Gasteiger partial charge in [-0.3, -0.25) is 0 Å². The van der Waals surface area contributed by atoms with Crippen LogP contribution in [-0.4, -0.2) is 22.6 Å². The summed E-state index contributed by atoms with van der Waals surface area (Å²) in [7, 11) is -3.84. The minimum Gasteiger partial charge on any atom is -0.439 e. The van der Waals surface area contributed by atoms with Gasteiger partial charge < -0.3 is 4.74 Å². The topological polar surface area (TPSA) is 97.9 Å². The van der Waals surface area contributed by atoms with Gasteiger partial charge in [0.15, 0.2) is 0 Å². The molecule has 0 aliphatic rings. The molecule has 0 bridgehead atoms. The van der Waals surface area contributed by atoms with E-state index in [1.807, 2.05) is 13.0 Å². The van der Waals surface area contributed by atoms with Gasteiger partial charge in [0.25, 0.3) is 10.0 Å². The number of aromatic nitrogens is 3. The molecule has 2 heterocycles. The minimum atomic E-state index is -3.84. The summed E-state index contributed by atoms with van der Waals surface area (Å²) in [5, 5.41) is 12.9. The van der Waals surface area contributed by atoms with E-state index in [1.54, 1.807) is 66.7 Å². The van der Waals surface area contributed by atoms with E-state index in [0.29, 0.717) is 28.5 Å². The maximum absolute atomic E-state index is 13.0. The number of ether oxygens (including phenoxy) is 1. The molecule has 0 aliphatic heterocycles. The average Bonchev–Trinajstić information content (AvgIpc) is 3.26. The second-order valence-electron chi connectivity index (χ2n) is 6.50. The van der Waals surface area contributed by atoms with Crippen LogP contribution in [0.2, 0.25) is 0 Å². The van der Waals surface area contributed by atoms with Crippen LogP contribution in [0.4, 0.5) is 0 Å². The predicted molar refractivity (Wildman–Crippen MR) is 110 cm³/mol. The Balaban J connectivity index is 1.61. The summed E-state index contributed by atoms with van der Waals surface area (Å²) in [6.45, 7) is 1.89. The molecule has 0 N–H and O–H groups in total. The van der Waals surface area contributed by atoms with E-state index in [4.69, 9.17) is 10.00 Å². The van der Waals surface area contributed by atoms with Crippen molar-refractivity contribution in [3.63, 3.8) is 0 Å². The van der Waals surface area contributed by atoms with Crippen molar-refractivity contribution in [3.05, 3.63) is 90.3 Å². The summed E-state index contributed by atoms with van der Waals surface area (Å²) in [5.74, 6) is 0.886. The molecule has 4 rings (SSSR count). The molecule has 0 saturated carbocycles. The summed E-state index contributed by atoms with van der Waals surface area (Å²) in [5.41, 5.74) is 2.48. The van der Waals surface area contributed by atoms with Crippen molar-refractivity contribution >= 4 is 10.0 Å². The lowest BCUT2D eigenvalue weighted by molar-refractivity contribution is 0.463. The molecule has 148 valence electrons. The summed E-state index contributed by atoms with van der Waals surface area (Å²) < 4.78 is 32.6. The number of hydrogen-bond donors (Lipinski definition) is 0. The van der Waals surface area contributed by atoms with Crippen molar-refractivity contribution in [3.8, 4) is 29.0 Å². The van der Waals surface area contributed by atoms with Crippen molar-refractivity contribution in [2.45, 2.75) is 11.8 Å². The Kier molecular flexibility index (Phi) is 5.04. The Labute approximate surface area is 173 Å². The fourth-order valence-electron chi connectivity index (χ4n) is 2.81. The van der Waals surface area contributed by atoms with E-state index in [1.165, 1.54) is 12.4 Å². The monoisotopic (exact) mass is 416 g/mol. The maximum Gasteiger partial charge on any atom is 0.283 e. The fourth-order valence-corrected chi connectivity index (χ4v) is 4.09. The van der Waals surface area contributed by atoms with Crippen LogP contribution in [-0.2, 0) is 10.0 Å². The van der Waals surface area contributed by atoms with E-state index in [-0.39, 0.29) is 4.90 Å². The molecule has 0 amide bonds. The number of nitriles is 1. The van der Waals surface area contributed by atoms with Gasteiger partial charge >= 0.3 is 0 Å². The molecule has 0 saturated heterocycles. The molecular weight excluding hydrogens is 400 g/mol. The van der Waals surface area contributed by atoms with Crippen LogP contribution >= 0.6 is 0 Å². The highest BCUT2D eigenvalue weighted by atomic mass is 32.2. The van der Waals surface area contributed by atoms with Crippen LogP contribution in [0.15, 0.2) is 84.0 Å². The lowest BCUT2D eigenvalue weighted by Gasteiger charge is -2.10. The zero-order valence-electron chi connectivity index (χ0n) is 15.9. The summed E-state index contributed by atoms with van der Waals surface area (Å²) in [6.07, 6.45) is 2.96. The molecule has 2 aromatic heterocycles. The highest BCUT2D eigenvalue weighted by Gasteiger charge is 2.21. The molecule has 7 nitrogen and oxygen atoms in total. The third-order valence-electron chi connectivity index (χ3n) is 4.39.